The van der Waals surface area contributed by atoms with E-state index in [0.29, 0.717) is 18.5 Å². The Balaban J connectivity index is 1.39. The number of benzene rings is 1. The topological polar surface area (TPSA) is 116 Å². The highest BCUT2D eigenvalue weighted by Gasteiger charge is 2.54. The van der Waals surface area contributed by atoms with Crippen LogP contribution >= 0.6 is 11.8 Å². The molecule has 2 aliphatic heterocycles. The van der Waals surface area contributed by atoms with Crippen molar-refractivity contribution in [3.8, 4) is 0 Å². The highest BCUT2D eigenvalue weighted by Crippen LogP contribution is 2.35. The molecule has 158 valence electrons. The number of rotatable bonds is 5. The van der Waals surface area contributed by atoms with Crippen LogP contribution in [0.1, 0.15) is 38.2 Å². The number of carbonyl (C=O) groups excluding carboxylic acids is 5. The van der Waals surface area contributed by atoms with Gasteiger partial charge in [-0.05, 0) is 37.5 Å². The number of urea groups is 1. The van der Waals surface area contributed by atoms with Gasteiger partial charge in [-0.3, -0.25) is 24.1 Å². The molecule has 3 aliphatic rings. The summed E-state index contributed by atoms with van der Waals surface area (Å²) in [6.07, 6.45) is 2.95. The number of anilines is 1. The average molecular weight is 430 g/mol. The van der Waals surface area contributed by atoms with Crippen molar-refractivity contribution in [1.29, 1.82) is 0 Å². The van der Waals surface area contributed by atoms with E-state index in [1.807, 2.05) is 0 Å². The maximum Gasteiger partial charge on any atom is 0.325 e. The van der Waals surface area contributed by atoms with E-state index < -0.39 is 23.5 Å². The molecule has 0 bridgehead atoms. The first-order valence-corrected chi connectivity index (χ1v) is 10.8. The lowest BCUT2D eigenvalue weighted by atomic mass is 9.97. The predicted octanol–water partition coefficient (Wildman–Crippen LogP) is 2.07. The van der Waals surface area contributed by atoms with Crippen LogP contribution in [0, 0.1) is 0 Å². The molecule has 30 heavy (non-hydrogen) atoms. The number of carbonyl (C=O) groups is 5. The van der Waals surface area contributed by atoms with Crippen molar-refractivity contribution in [3.63, 3.8) is 0 Å². The maximum atomic E-state index is 12.8. The van der Waals surface area contributed by atoms with Crippen molar-refractivity contribution in [2.75, 3.05) is 11.1 Å². The van der Waals surface area contributed by atoms with Gasteiger partial charge in [0, 0.05) is 5.69 Å². The number of nitrogens with one attached hydrogen (secondary N) is 2. The van der Waals surface area contributed by atoms with Crippen molar-refractivity contribution in [2.24, 2.45) is 0 Å². The van der Waals surface area contributed by atoms with Crippen LogP contribution in [0.25, 0.3) is 0 Å². The molecule has 1 saturated carbocycles. The van der Waals surface area contributed by atoms with E-state index in [2.05, 4.69) is 10.6 Å². The molecule has 2 saturated heterocycles. The highest BCUT2D eigenvalue weighted by atomic mass is 32.2. The Bertz CT molecular complexity index is 910. The lowest BCUT2D eigenvalue weighted by Gasteiger charge is -2.23. The second-order valence-corrected chi connectivity index (χ2v) is 8.72. The number of hydrogen-bond donors (Lipinski definition) is 2. The molecule has 3 fully saturated rings. The fourth-order valence-electron chi connectivity index (χ4n) is 4.08. The molecule has 0 aromatic heterocycles. The van der Waals surface area contributed by atoms with Crippen molar-refractivity contribution in [2.45, 2.75) is 50.7 Å². The summed E-state index contributed by atoms with van der Waals surface area (Å²) >= 11 is 0.982. The van der Waals surface area contributed by atoms with E-state index in [-0.39, 0.29) is 29.4 Å². The summed E-state index contributed by atoms with van der Waals surface area (Å²) in [5, 5.41) is 5.22. The first-order chi connectivity index (χ1) is 14.3. The molecular weight excluding hydrogens is 408 g/mol. The molecule has 1 aromatic carbocycles. The molecule has 1 aromatic rings. The monoisotopic (exact) mass is 430 g/mol. The van der Waals surface area contributed by atoms with E-state index in [0.717, 1.165) is 35.1 Å². The van der Waals surface area contributed by atoms with Gasteiger partial charge in [0.25, 0.3) is 11.1 Å². The van der Waals surface area contributed by atoms with Crippen LogP contribution in [-0.4, -0.2) is 56.1 Å². The smallest absolute Gasteiger partial charge is 0.324 e. The van der Waals surface area contributed by atoms with Crippen molar-refractivity contribution < 1.29 is 24.0 Å². The summed E-state index contributed by atoms with van der Waals surface area (Å²) in [6.45, 7) is 1.71. The third-order valence-electron chi connectivity index (χ3n) is 5.82. The summed E-state index contributed by atoms with van der Waals surface area (Å²) in [5.74, 6) is -0.859. The Kier molecular flexibility index (Phi) is 5.27. The molecule has 10 heteroatoms. The summed E-state index contributed by atoms with van der Waals surface area (Å²) in [6, 6.07) is 5.26. The van der Waals surface area contributed by atoms with Gasteiger partial charge in [0.05, 0.1) is 12.3 Å². The van der Waals surface area contributed by atoms with E-state index in [4.69, 9.17) is 0 Å². The van der Waals surface area contributed by atoms with Crippen LogP contribution in [0.5, 0.6) is 0 Å². The average Bonchev–Trinajstić information content (AvgIpc) is 3.38. The Hall–Kier alpha value is -2.88. The van der Waals surface area contributed by atoms with Crippen molar-refractivity contribution >= 4 is 46.4 Å². The number of amides is 6. The summed E-state index contributed by atoms with van der Waals surface area (Å²) in [4.78, 5) is 63.4. The highest BCUT2D eigenvalue weighted by molar-refractivity contribution is 8.14. The SMILES string of the molecule is CC(C(=O)Nc1ccc(CN2C(=O)CSC2=O)cc1)N1C(=O)NC2(CCCC2)C1=O. The quantitative estimate of drug-likeness (QED) is 0.691. The Morgan fingerprint density at radius 2 is 1.83 bits per heavy atom. The zero-order valence-corrected chi connectivity index (χ0v) is 17.3. The second kappa shape index (κ2) is 7.75. The number of nitrogens with zero attached hydrogens (tertiary/aromatic N) is 2. The van der Waals surface area contributed by atoms with Crippen molar-refractivity contribution in [3.05, 3.63) is 29.8 Å². The molecule has 9 nitrogen and oxygen atoms in total. The first-order valence-electron chi connectivity index (χ1n) is 9.83. The zero-order chi connectivity index (χ0) is 21.5. The van der Waals surface area contributed by atoms with Gasteiger partial charge < -0.3 is 10.6 Å². The van der Waals surface area contributed by atoms with Gasteiger partial charge in [-0.1, -0.05) is 36.7 Å². The van der Waals surface area contributed by atoms with Crippen molar-refractivity contribution in [1.82, 2.24) is 15.1 Å². The fourth-order valence-corrected chi connectivity index (χ4v) is 4.81. The van der Waals surface area contributed by atoms with E-state index >= 15 is 0 Å². The minimum atomic E-state index is -0.950. The number of thioether (sulfide) groups is 1. The molecule has 2 N–H and O–H groups in total. The molecular formula is C20H22N4O5S. The fraction of sp³-hybridized carbons (Fsp3) is 0.450. The second-order valence-electron chi connectivity index (χ2n) is 7.79. The largest absolute Gasteiger partial charge is 0.325 e. The van der Waals surface area contributed by atoms with Gasteiger partial charge in [0.1, 0.15) is 11.6 Å². The molecule has 0 radical (unpaired) electrons. The van der Waals surface area contributed by atoms with Gasteiger partial charge in [0.2, 0.25) is 11.8 Å². The standard InChI is InChI=1S/C20H22N4O5S/c1-12(24-17(27)20(22-18(24)28)8-2-3-9-20)16(26)21-14-6-4-13(5-7-14)10-23-15(25)11-30-19(23)29/h4-7,12H,2-3,8-11H2,1H3,(H,21,26)(H,22,28). The Morgan fingerprint density at radius 1 is 1.17 bits per heavy atom. The van der Waals surface area contributed by atoms with Crippen LogP contribution in [0.2, 0.25) is 0 Å². The van der Waals surface area contributed by atoms with E-state index in [1.165, 1.54) is 11.8 Å². The Morgan fingerprint density at radius 3 is 2.43 bits per heavy atom. The molecule has 1 unspecified atom stereocenters. The van der Waals surface area contributed by atoms with Crippen LogP contribution < -0.4 is 10.6 Å². The summed E-state index contributed by atoms with van der Waals surface area (Å²) in [5.41, 5.74) is 0.393. The van der Waals surface area contributed by atoms with E-state index in [9.17, 15) is 24.0 Å². The molecule has 1 atom stereocenters. The third kappa shape index (κ3) is 3.55. The normalized spacial score (nSPS) is 21.5. The minimum Gasteiger partial charge on any atom is -0.324 e. The van der Waals surface area contributed by atoms with Gasteiger partial charge in [-0.15, -0.1) is 0 Å². The summed E-state index contributed by atoms with van der Waals surface area (Å²) in [7, 11) is 0. The van der Waals surface area contributed by atoms with Gasteiger partial charge in [-0.2, -0.15) is 0 Å². The minimum absolute atomic E-state index is 0.162. The first kappa shape index (κ1) is 20.4. The van der Waals surface area contributed by atoms with Gasteiger partial charge in [0.15, 0.2) is 0 Å². The molecule has 1 aliphatic carbocycles. The van der Waals surface area contributed by atoms with Gasteiger partial charge >= 0.3 is 6.03 Å². The molecule has 4 rings (SSSR count). The Labute approximate surface area is 177 Å². The summed E-state index contributed by atoms with van der Waals surface area (Å²) < 4.78 is 0. The lowest BCUT2D eigenvalue weighted by Crippen LogP contribution is -2.48. The molecule has 1 spiro atoms. The van der Waals surface area contributed by atoms with Crippen LogP contribution in [0.4, 0.5) is 15.3 Å². The van der Waals surface area contributed by atoms with Crippen LogP contribution in [0.15, 0.2) is 24.3 Å². The zero-order valence-electron chi connectivity index (χ0n) is 16.5. The predicted molar refractivity (Wildman–Crippen MR) is 110 cm³/mol. The van der Waals surface area contributed by atoms with Crippen LogP contribution in [0.3, 0.4) is 0 Å². The maximum absolute atomic E-state index is 12.8. The molecule has 2 heterocycles. The third-order valence-corrected chi connectivity index (χ3v) is 6.68. The van der Waals surface area contributed by atoms with Crippen LogP contribution in [-0.2, 0) is 20.9 Å². The van der Waals surface area contributed by atoms with Gasteiger partial charge in [-0.25, -0.2) is 9.69 Å². The number of hydrogen-bond acceptors (Lipinski definition) is 6. The number of imide groups is 2. The van der Waals surface area contributed by atoms with E-state index in [1.54, 1.807) is 24.3 Å². The molecule has 6 amide bonds. The lowest BCUT2D eigenvalue weighted by molar-refractivity contribution is -0.136.